The number of rotatable bonds is 14. The normalized spacial score (nSPS) is 25.4. The van der Waals surface area contributed by atoms with Crippen LogP contribution in [0.3, 0.4) is 0 Å². The molecule has 0 spiro atoms. The summed E-state index contributed by atoms with van der Waals surface area (Å²) in [5, 5.41) is 43.9. The lowest BCUT2D eigenvalue weighted by molar-refractivity contribution is -0.170. The number of carboxylic acids is 3. The third kappa shape index (κ3) is 8.72. The Morgan fingerprint density at radius 2 is 1.64 bits per heavy atom. The molecule has 50 heavy (non-hydrogen) atoms. The quantitative estimate of drug-likeness (QED) is 0.152. The number of nitrogens with zero attached hydrogens (tertiary/aromatic N) is 1. The average Bonchev–Trinajstić information content (AvgIpc) is 3.39. The predicted molar refractivity (Wildman–Crippen MR) is 188 cm³/mol. The highest BCUT2D eigenvalue weighted by Gasteiger charge is 2.56. The third-order valence-electron chi connectivity index (χ3n) is 11.8. The van der Waals surface area contributed by atoms with E-state index in [9.17, 15) is 19.5 Å². The summed E-state index contributed by atoms with van der Waals surface area (Å²) >= 11 is 0. The Morgan fingerprint density at radius 1 is 0.960 bits per heavy atom. The molecule has 0 amide bonds. The Kier molecular flexibility index (Phi) is 12.8. The summed E-state index contributed by atoms with van der Waals surface area (Å²) in [6.07, 6.45) is 5.19. The second kappa shape index (κ2) is 16.5. The first kappa shape index (κ1) is 39.0. The number of methoxy groups -OCH3 is 1. The molecule has 0 saturated heterocycles. The van der Waals surface area contributed by atoms with E-state index in [4.69, 9.17) is 29.9 Å². The molecule has 0 aliphatic heterocycles. The fraction of sp³-hybridized carbons (Fsp3) is 0.615. The molecule has 0 radical (unpaired) electrons. The number of aromatic hydroxyl groups is 1. The summed E-state index contributed by atoms with van der Waals surface area (Å²) in [6.45, 7) is 13.3. The minimum Gasteiger partial charge on any atom is -0.508 e. The number of fused-ring (bicyclic) bond motifs is 5. The molecule has 3 aliphatic carbocycles. The first-order valence-corrected chi connectivity index (χ1v) is 17.9. The van der Waals surface area contributed by atoms with Crippen LogP contribution in [0.2, 0.25) is 0 Å². The summed E-state index contributed by atoms with van der Waals surface area (Å²) in [4.78, 5) is 32.9. The lowest BCUT2D eigenvalue weighted by Crippen LogP contribution is -2.45. The third-order valence-corrected chi connectivity index (χ3v) is 11.8. The molecule has 4 unspecified atom stereocenters. The van der Waals surface area contributed by atoms with Crippen LogP contribution in [0.15, 0.2) is 36.4 Å². The molecule has 2 fully saturated rings. The molecule has 2 aromatic rings. The number of phenols is 1. The lowest BCUT2D eigenvalue weighted by atomic mass is 9.51. The minimum atomic E-state index is -2.74. The van der Waals surface area contributed by atoms with Crippen molar-refractivity contribution in [3.05, 3.63) is 53.1 Å². The fourth-order valence-corrected chi connectivity index (χ4v) is 9.21. The largest absolute Gasteiger partial charge is 0.508 e. The zero-order valence-electron chi connectivity index (χ0n) is 30.1. The maximum atomic E-state index is 10.3. The number of carboxylic acid groups (broad SMARTS) is 3. The number of carbonyl (C=O) groups is 3. The van der Waals surface area contributed by atoms with E-state index >= 15 is 0 Å². The van der Waals surface area contributed by atoms with Crippen molar-refractivity contribution < 1.29 is 49.4 Å². The maximum Gasteiger partial charge on any atom is 0.336 e. The lowest BCUT2D eigenvalue weighted by Gasteiger charge is -2.53. The van der Waals surface area contributed by atoms with Crippen LogP contribution >= 0.6 is 0 Å². The number of hydrogen-bond donors (Lipinski definition) is 5. The monoisotopic (exact) mass is 697 g/mol. The summed E-state index contributed by atoms with van der Waals surface area (Å²) in [6, 6.07) is 12.6. The van der Waals surface area contributed by atoms with Gasteiger partial charge in [0.25, 0.3) is 0 Å². The van der Waals surface area contributed by atoms with Crippen molar-refractivity contribution in [2.75, 3.05) is 26.8 Å². The number of benzene rings is 2. The number of aliphatic hydroxyl groups is 1. The van der Waals surface area contributed by atoms with Crippen molar-refractivity contribution in [2.24, 2.45) is 29.1 Å². The molecule has 0 bridgehead atoms. The summed E-state index contributed by atoms with van der Waals surface area (Å²) in [5.74, 6) is 0.735. The van der Waals surface area contributed by atoms with Crippen molar-refractivity contribution in [1.82, 2.24) is 4.90 Å². The second-order valence-corrected chi connectivity index (χ2v) is 14.7. The average molecular weight is 698 g/mol. The van der Waals surface area contributed by atoms with Gasteiger partial charge in [-0.05, 0) is 128 Å². The Balaban J connectivity index is 0.000000369. The topological polar surface area (TPSA) is 174 Å². The van der Waals surface area contributed by atoms with E-state index in [0.29, 0.717) is 23.0 Å². The van der Waals surface area contributed by atoms with Gasteiger partial charge in [0, 0.05) is 6.54 Å². The van der Waals surface area contributed by atoms with Crippen molar-refractivity contribution in [3.63, 3.8) is 0 Å². The number of ether oxygens (including phenoxy) is 2. The number of hydrogen-bond acceptors (Lipinski definition) is 8. The van der Waals surface area contributed by atoms with Crippen molar-refractivity contribution >= 4 is 17.9 Å². The standard InChI is InChI=1S/C33H47NO3.C6H8O7/c1-6-34(7-2)21-23-8-13-30(31(19-23)36-5)37-17-15-25-9-12-29-32-22(3)18-24-20-26(35)10-11-27(24)28(32)14-16-33(25,29)4;7-3(8)1-6(13,5(11)12)2-4(9)10/h8,10-11,13,19-20,22,25,28-29,32,35H,6-7,9,12,14-18,21H2,1-5H3;13H,1-2H2,(H,7,8)(H,9,10)(H,11,12)/t22?,25-,28?,29?,32?,33-;/m1./s1. The van der Waals surface area contributed by atoms with Crippen molar-refractivity contribution in [1.29, 1.82) is 0 Å². The molecule has 2 aromatic carbocycles. The molecule has 11 heteroatoms. The first-order chi connectivity index (χ1) is 23.6. The van der Waals surface area contributed by atoms with Crippen LogP contribution in [0.25, 0.3) is 0 Å². The van der Waals surface area contributed by atoms with Crippen LogP contribution < -0.4 is 9.47 Å². The fourth-order valence-electron chi connectivity index (χ4n) is 9.21. The van der Waals surface area contributed by atoms with E-state index in [0.717, 1.165) is 68.3 Å². The van der Waals surface area contributed by atoms with Gasteiger partial charge in [0.2, 0.25) is 0 Å². The van der Waals surface area contributed by atoms with Gasteiger partial charge in [-0.15, -0.1) is 0 Å². The SMILES string of the molecule is CCN(CC)Cc1ccc(OCC[C@H]2CCC3C4C(C)Cc5cc(O)ccc5C4CC[C@@]32C)c(OC)c1.O=C(O)CC(O)(CC(=O)O)C(=O)O. The molecule has 3 aliphatic rings. The Bertz CT molecular complexity index is 1490. The molecule has 2 saturated carbocycles. The van der Waals surface area contributed by atoms with Gasteiger partial charge in [-0.1, -0.05) is 39.8 Å². The van der Waals surface area contributed by atoms with Crippen LogP contribution in [-0.4, -0.2) is 80.7 Å². The Morgan fingerprint density at radius 3 is 2.24 bits per heavy atom. The van der Waals surface area contributed by atoms with Crippen molar-refractivity contribution in [2.45, 2.75) is 97.1 Å². The number of phenolic OH excluding ortho intramolecular Hbond substituents is 1. The predicted octanol–water partition coefficient (Wildman–Crippen LogP) is 6.18. The zero-order valence-corrected chi connectivity index (χ0v) is 30.1. The van der Waals surface area contributed by atoms with E-state index < -0.39 is 36.4 Å². The molecular weight excluding hydrogens is 642 g/mol. The number of aliphatic carboxylic acids is 3. The van der Waals surface area contributed by atoms with Gasteiger partial charge in [-0.2, -0.15) is 0 Å². The Labute approximate surface area is 295 Å². The highest BCUT2D eigenvalue weighted by atomic mass is 16.5. The highest BCUT2D eigenvalue weighted by Crippen LogP contribution is 2.64. The molecule has 0 aromatic heterocycles. The zero-order chi connectivity index (χ0) is 36.8. The van der Waals surface area contributed by atoms with Crippen LogP contribution in [0, 0.1) is 29.1 Å². The van der Waals surface area contributed by atoms with Gasteiger partial charge in [0.1, 0.15) is 5.75 Å². The van der Waals surface area contributed by atoms with Gasteiger partial charge in [0.05, 0.1) is 26.6 Å². The summed E-state index contributed by atoms with van der Waals surface area (Å²) in [7, 11) is 1.75. The molecule has 0 heterocycles. The maximum absolute atomic E-state index is 10.3. The highest BCUT2D eigenvalue weighted by molar-refractivity contribution is 5.88. The van der Waals surface area contributed by atoms with E-state index in [1.807, 2.05) is 12.1 Å². The molecule has 5 N–H and O–H groups in total. The van der Waals surface area contributed by atoms with Crippen LogP contribution in [-0.2, 0) is 27.3 Å². The first-order valence-electron chi connectivity index (χ1n) is 17.9. The van der Waals surface area contributed by atoms with E-state index in [1.165, 1.54) is 42.4 Å². The van der Waals surface area contributed by atoms with E-state index in [-0.39, 0.29) is 0 Å². The van der Waals surface area contributed by atoms with Crippen molar-refractivity contribution in [3.8, 4) is 17.2 Å². The summed E-state index contributed by atoms with van der Waals surface area (Å²) in [5.41, 5.74) is 1.85. The summed E-state index contributed by atoms with van der Waals surface area (Å²) < 4.78 is 12.1. The van der Waals surface area contributed by atoms with Gasteiger partial charge >= 0.3 is 17.9 Å². The molecular formula is C39H55NO10. The Hall–Kier alpha value is -3.83. The smallest absolute Gasteiger partial charge is 0.336 e. The van der Waals surface area contributed by atoms with Crippen LogP contribution in [0.5, 0.6) is 17.2 Å². The van der Waals surface area contributed by atoms with Gasteiger partial charge in [-0.3, -0.25) is 14.5 Å². The van der Waals surface area contributed by atoms with Gasteiger partial charge in [0.15, 0.2) is 17.1 Å². The van der Waals surface area contributed by atoms with Crippen LogP contribution in [0.1, 0.15) is 95.2 Å². The van der Waals surface area contributed by atoms with E-state index in [2.05, 4.69) is 56.9 Å². The molecule has 5 rings (SSSR count). The minimum absolute atomic E-state index is 0.408. The van der Waals surface area contributed by atoms with Gasteiger partial charge in [-0.25, -0.2) is 4.79 Å². The molecule has 276 valence electrons. The van der Waals surface area contributed by atoms with Gasteiger partial charge < -0.3 is 35.0 Å². The van der Waals surface area contributed by atoms with Crippen LogP contribution in [0.4, 0.5) is 0 Å². The second-order valence-electron chi connectivity index (χ2n) is 14.7. The molecule has 6 atom stereocenters. The molecule has 11 nitrogen and oxygen atoms in total. The van der Waals surface area contributed by atoms with E-state index in [1.54, 1.807) is 7.11 Å².